The number of amides is 1. The van der Waals surface area contributed by atoms with Crippen molar-refractivity contribution in [3.8, 4) is 0 Å². The second-order valence-electron chi connectivity index (χ2n) is 4.01. The van der Waals surface area contributed by atoms with E-state index in [1.165, 1.54) is 11.3 Å². The van der Waals surface area contributed by atoms with Gasteiger partial charge < -0.3 is 10.4 Å². The Kier molecular flexibility index (Phi) is 3.24. The maximum atomic E-state index is 11.5. The minimum Gasteiger partial charge on any atom is -0.480 e. The molecule has 1 unspecified atom stereocenters. The van der Waals surface area contributed by atoms with Crippen LogP contribution in [0.4, 0.5) is 0 Å². The van der Waals surface area contributed by atoms with E-state index in [-0.39, 0.29) is 11.8 Å². The Bertz CT molecular complexity index is 384. The van der Waals surface area contributed by atoms with Crippen molar-refractivity contribution < 1.29 is 14.7 Å². The Labute approximate surface area is 97.3 Å². The molecule has 86 valence electrons. The van der Waals surface area contributed by atoms with Gasteiger partial charge in [0.2, 0.25) is 5.91 Å². The van der Waals surface area contributed by atoms with Gasteiger partial charge in [-0.2, -0.15) is 11.3 Å². The van der Waals surface area contributed by atoms with Crippen LogP contribution in [0.5, 0.6) is 0 Å². The largest absolute Gasteiger partial charge is 0.480 e. The quantitative estimate of drug-likeness (QED) is 0.813. The molecule has 2 N–H and O–H groups in total. The van der Waals surface area contributed by atoms with Crippen molar-refractivity contribution in [1.82, 2.24) is 5.32 Å². The highest BCUT2D eigenvalue weighted by atomic mass is 32.1. The molecule has 0 saturated heterocycles. The van der Waals surface area contributed by atoms with Gasteiger partial charge >= 0.3 is 5.97 Å². The van der Waals surface area contributed by atoms with Crippen LogP contribution in [0.1, 0.15) is 18.4 Å². The van der Waals surface area contributed by atoms with Gasteiger partial charge in [0, 0.05) is 12.3 Å². The molecule has 0 aliphatic heterocycles. The van der Waals surface area contributed by atoms with Gasteiger partial charge in [0.25, 0.3) is 0 Å². The van der Waals surface area contributed by atoms with Crippen molar-refractivity contribution in [2.45, 2.75) is 25.3 Å². The zero-order chi connectivity index (χ0) is 11.5. The van der Waals surface area contributed by atoms with E-state index in [1.54, 1.807) is 0 Å². The number of rotatable bonds is 5. The highest BCUT2D eigenvalue weighted by molar-refractivity contribution is 7.07. The molecule has 16 heavy (non-hydrogen) atoms. The van der Waals surface area contributed by atoms with Crippen LogP contribution >= 0.6 is 11.3 Å². The number of carboxylic acids is 1. The summed E-state index contributed by atoms with van der Waals surface area (Å²) in [6.45, 7) is 0. The number of hydrogen-bond donors (Lipinski definition) is 2. The number of thiophene rings is 1. The number of carbonyl (C=O) groups is 2. The third-order valence-electron chi connectivity index (χ3n) is 2.58. The van der Waals surface area contributed by atoms with Crippen LogP contribution in [0.25, 0.3) is 0 Å². The minimum atomic E-state index is -0.972. The summed E-state index contributed by atoms with van der Waals surface area (Å²) < 4.78 is 0. The molecule has 1 amide bonds. The van der Waals surface area contributed by atoms with Gasteiger partial charge in [-0.25, -0.2) is 4.79 Å². The lowest BCUT2D eigenvalue weighted by Crippen LogP contribution is -2.42. The number of nitrogens with one attached hydrogen (secondary N) is 1. The van der Waals surface area contributed by atoms with Crippen LogP contribution in [0.2, 0.25) is 0 Å². The highest BCUT2D eigenvalue weighted by Gasteiger charge is 2.32. The van der Waals surface area contributed by atoms with E-state index in [9.17, 15) is 9.59 Å². The van der Waals surface area contributed by atoms with Crippen LogP contribution in [-0.2, 0) is 16.0 Å². The lowest BCUT2D eigenvalue weighted by atomic mass is 10.1. The SMILES string of the molecule is O=C(NC(Cc1ccsc1)C(=O)O)C1CC1. The Balaban J connectivity index is 1.94. The molecular formula is C11H13NO3S. The van der Waals surface area contributed by atoms with E-state index in [4.69, 9.17) is 5.11 Å². The lowest BCUT2D eigenvalue weighted by molar-refractivity contribution is -0.142. The molecule has 1 saturated carbocycles. The maximum Gasteiger partial charge on any atom is 0.326 e. The lowest BCUT2D eigenvalue weighted by Gasteiger charge is -2.13. The Morgan fingerprint density at radius 1 is 1.56 bits per heavy atom. The first kappa shape index (κ1) is 11.1. The first-order chi connectivity index (χ1) is 7.66. The molecule has 1 aromatic heterocycles. The zero-order valence-corrected chi connectivity index (χ0v) is 9.50. The monoisotopic (exact) mass is 239 g/mol. The molecule has 4 nitrogen and oxygen atoms in total. The molecular weight excluding hydrogens is 226 g/mol. The van der Waals surface area contributed by atoms with E-state index in [1.807, 2.05) is 16.8 Å². The summed E-state index contributed by atoms with van der Waals surface area (Å²) in [5, 5.41) is 15.4. The fourth-order valence-electron chi connectivity index (χ4n) is 1.48. The fourth-order valence-corrected chi connectivity index (χ4v) is 2.16. The normalized spacial score (nSPS) is 16.8. The number of hydrogen-bond acceptors (Lipinski definition) is 3. The number of aliphatic carboxylic acids is 1. The Hall–Kier alpha value is -1.36. The summed E-state index contributed by atoms with van der Waals surface area (Å²) in [7, 11) is 0. The summed E-state index contributed by atoms with van der Waals surface area (Å²) in [5.74, 6) is -1.05. The third-order valence-corrected chi connectivity index (χ3v) is 3.31. The van der Waals surface area contributed by atoms with E-state index < -0.39 is 12.0 Å². The fraction of sp³-hybridized carbons (Fsp3) is 0.455. The third kappa shape index (κ3) is 2.82. The molecule has 0 bridgehead atoms. The molecule has 1 aliphatic rings. The van der Waals surface area contributed by atoms with E-state index in [2.05, 4.69) is 5.32 Å². The summed E-state index contributed by atoms with van der Waals surface area (Å²) in [4.78, 5) is 22.5. The second-order valence-corrected chi connectivity index (χ2v) is 4.79. The number of carboxylic acid groups (broad SMARTS) is 1. The standard InChI is InChI=1S/C11H13NO3S/c13-10(8-1-2-8)12-9(11(14)15)5-7-3-4-16-6-7/h3-4,6,8-9H,1-2,5H2,(H,12,13)(H,14,15). The average molecular weight is 239 g/mol. The van der Waals surface area contributed by atoms with Crippen molar-refractivity contribution in [2.24, 2.45) is 5.92 Å². The van der Waals surface area contributed by atoms with E-state index in [0.29, 0.717) is 6.42 Å². The van der Waals surface area contributed by atoms with Crippen LogP contribution < -0.4 is 5.32 Å². The topological polar surface area (TPSA) is 66.4 Å². The van der Waals surface area contributed by atoms with Crippen molar-refractivity contribution >= 4 is 23.2 Å². The summed E-state index contributed by atoms with van der Waals surface area (Å²) in [5.41, 5.74) is 0.952. The molecule has 1 fully saturated rings. The van der Waals surface area contributed by atoms with Crippen LogP contribution in [-0.4, -0.2) is 23.0 Å². The summed E-state index contributed by atoms with van der Waals surface area (Å²) >= 11 is 1.53. The van der Waals surface area contributed by atoms with Gasteiger partial charge in [-0.05, 0) is 35.2 Å². The molecule has 0 spiro atoms. The van der Waals surface area contributed by atoms with E-state index in [0.717, 1.165) is 18.4 Å². The Morgan fingerprint density at radius 3 is 2.81 bits per heavy atom. The van der Waals surface area contributed by atoms with Crippen LogP contribution in [0, 0.1) is 5.92 Å². The highest BCUT2D eigenvalue weighted by Crippen LogP contribution is 2.29. The van der Waals surface area contributed by atoms with Gasteiger partial charge in [-0.15, -0.1) is 0 Å². The number of carbonyl (C=O) groups excluding carboxylic acids is 1. The van der Waals surface area contributed by atoms with Crippen LogP contribution in [0.15, 0.2) is 16.8 Å². The first-order valence-corrected chi connectivity index (χ1v) is 6.15. The van der Waals surface area contributed by atoms with Crippen molar-refractivity contribution in [3.05, 3.63) is 22.4 Å². The van der Waals surface area contributed by atoms with Crippen molar-refractivity contribution in [2.75, 3.05) is 0 Å². The van der Waals surface area contributed by atoms with Gasteiger partial charge in [0.15, 0.2) is 0 Å². The van der Waals surface area contributed by atoms with Gasteiger partial charge in [-0.1, -0.05) is 0 Å². The zero-order valence-electron chi connectivity index (χ0n) is 8.68. The van der Waals surface area contributed by atoms with E-state index >= 15 is 0 Å². The molecule has 1 aliphatic carbocycles. The molecule has 0 aromatic carbocycles. The first-order valence-electron chi connectivity index (χ1n) is 5.21. The van der Waals surface area contributed by atoms with Crippen LogP contribution in [0.3, 0.4) is 0 Å². The van der Waals surface area contributed by atoms with Gasteiger partial charge in [-0.3, -0.25) is 4.79 Å². The predicted octanol–water partition coefficient (Wildman–Crippen LogP) is 1.27. The molecule has 1 aromatic rings. The molecule has 1 atom stereocenters. The van der Waals surface area contributed by atoms with Gasteiger partial charge in [0.1, 0.15) is 6.04 Å². The maximum absolute atomic E-state index is 11.5. The smallest absolute Gasteiger partial charge is 0.326 e. The van der Waals surface area contributed by atoms with Crippen molar-refractivity contribution in [3.63, 3.8) is 0 Å². The predicted molar refractivity (Wildman–Crippen MR) is 60.3 cm³/mol. The van der Waals surface area contributed by atoms with Gasteiger partial charge in [0.05, 0.1) is 0 Å². The molecule has 2 rings (SSSR count). The summed E-state index contributed by atoms with van der Waals surface area (Å²) in [6, 6.07) is 1.08. The Morgan fingerprint density at radius 2 is 2.31 bits per heavy atom. The average Bonchev–Trinajstić information content (AvgIpc) is 2.97. The van der Waals surface area contributed by atoms with Crippen molar-refractivity contribution in [1.29, 1.82) is 0 Å². The molecule has 5 heteroatoms. The molecule has 1 heterocycles. The summed E-state index contributed by atoms with van der Waals surface area (Å²) in [6.07, 6.45) is 2.13. The second kappa shape index (κ2) is 4.65. The minimum absolute atomic E-state index is 0.0457. The molecule has 0 radical (unpaired) electrons.